The van der Waals surface area contributed by atoms with Gasteiger partial charge in [0.2, 0.25) is 11.9 Å². The summed E-state index contributed by atoms with van der Waals surface area (Å²) in [4.78, 5) is 36.2. The van der Waals surface area contributed by atoms with Gasteiger partial charge in [0.15, 0.2) is 12.4 Å². The van der Waals surface area contributed by atoms with E-state index in [1.807, 2.05) is 0 Å². The molecule has 0 aliphatic rings. The van der Waals surface area contributed by atoms with Gasteiger partial charge >= 0.3 is 12.1 Å². The summed E-state index contributed by atoms with van der Waals surface area (Å²) >= 11 is 0. The van der Waals surface area contributed by atoms with Gasteiger partial charge in [-0.2, -0.15) is 15.0 Å². The van der Waals surface area contributed by atoms with Crippen molar-refractivity contribution >= 4 is 35.3 Å². The highest BCUT2D eigenvalue weighted by molar-refractivity contribution is 5.91. The largest absolute Gasteiger partial charge is 0.454 e. The van der Waals surface area contributed by atoms with Crippen LogP contribution < -0.4 is 16.4 Å². The molecule has 4 N–H and O–H groups in total. The highest BCUT2D eigenvalue weighted by Gasteiger charge is 2.16. The van der Waals surface area contributed by atoms with Crippen LogP contribution in [0.25, 0.3) is 0 Å². The van der Waals surface area contributed by atoms with E-state index in [0.717, 1.165) is 0 Å². The first-order valence-electron chi connectivity index (χ1n) is 9.87. The summed E-state index contributed by atoms with van der Waals surface area (Å²) < 4.78 is 23.5. The summed E-state index contributed by atoms with van der Waals surface area (Å²) in [6.45, 7) is 5.02. The Morgan fingerprint density at radius 2 is 1.61 bits per heavy atom. The molecule has 2 aromatic carbocycles. The summed E-state index contributed by atoms with van der Waals surface area (Å²) in [6.07, 6.45) is -0.602. The summed E-state index contributed by atoms with van der Waals surface area (Å²) in [7, 11) is 0. The Morgan fingerprint density at radius 1 is 0.970 bits per heavy atom. The van der Waals surface area contributed by atoms with Gasteiger partial charge in [-0.1, -0.05) is 0 Å². The van der Waals surface area contributed by atoms with Gasteiger partial charge in [0, 0.05) is 11.4 Å². The number of ether oxygens (including phenoxy) is 2. The number of esters is 1. The molecule has 1 amide bonds. The van der Waals surface area contributed by atoms with Crippen molar-refractivity contribution in [1.29, 1.82) is 0 Å². The zero-order valence-corrected chi connectivity index (χ0v) is 18.3. The molecule has 0 aliphatic carbocycles. The number of nitrogens with two attached hydrogens (primary N) is 1. The molecule has 0 fully saturated rings. The van der Waals surface area contributed by atoms with Crippen LogP contribution >= 0.6 is 0 Å². The number of rotatable bonds is 6. The van der Waals surface area contributed by atoms with Gasteiger partial charge in [0.25, 0.3) is 0 Å². The lowest BCUT2D eigenvalue weighted by molar-refractivity contribution is 0.0462. The highest BCUT2D eigenvalue weighted by Crippen LogP contribution is 2.16. The number of nitrogen functional groups attached to an aromatic ring is 1. The van der Waals surface area contributed by atoms with Crippen LogP contribution in [0.3, 0.4) is 0 Å². The summed E-state index contributed by atoms with van der Waals surface area (Å²) in [5.41, 5.74) is 6.35. The maximum Gasteiger partial charge on any atom is 0.412 e. The third-order valence-electron chi connectivity index (χ3n) is 3.90. The van der Waals surface area contributed by atoms with Crippen molar-refractivity contribution in [3.05, 3.63) is 65.7 Å². The number of carbonyl (C=O) groups is 2. The maximum atomic E-state index is 13.0. The predicted octanol–water partition coefficient (Wildman–Crippen LogP) is 4.04. The van der Waals surface area contributed by atoms with E-state index in [0.29, 0.717) is 11.4 Å². The molecule has 33 heavy (non-hydrogen) atoms. The molecule has 1 aromatic heterocycles. The number of hydrogen-bond acceptors (Lipinski definition) is 9. The monoisotopic (exact) mass is 454 g/mol. The molecule has 3 aromatic rings. The van der Waals surface area contributed by atoms with Crippen LogP contribution in [0.4, 0.5) is 32.5 Å². The third-order valence-corrected chi connectivity index (χ3v) is 3.90. The van der Waals surface area contributed by atoms with Crippen LogP contribution in [0.15, 0.2) is 48.5 Å². The average Bonchev–Trinajstić information content (AvgIpc) is 2.72. The molecule has 3 rings (SSSR count). The predicted molar refractivity (Wildman–Crippen MR) is 119 cm³/mol. The van der Waals surface area contributed by atoms with Gasteiger partial charge in [0.05, 0.1) is 5.56 Å². The van der Waals surface area contributed by atoms with Crippen molar-refractivity contribution in [3.8, 4) is 0 Å². The zero-order valence-electron chi connectivity index (χ0n) is 18.3. The van der Waals surface area contributed by atoms with Gasteiger partial charge in [0.1, 0.15) is 11.4 Å². The molecule has 0 spiro atoms. The van der Waals surface area contributed by atoms with Gasteiger partial charge in [-0.05, 0) is 69.3 Å². The van der Waals surface area contributed by atoms with Crippen LogP contribution in [-0.4, -0.2) is 32.6 Å². The van der Waals surface area contributed by atoms with E-state index in [9.17, 15) is 14.0 Å². The number of anilines is 4. The second kappa shape index (κ2) is 9.90. The van der Waals surface area contributed by atoms with E-state index in [4.69, 9.17) is 15.2 Å². The number of nitrogens with one attached hydrogen (secondary N) is 2. The molecule has 172 valence electrons. The standard InChI is InChI=1S/C22H23FN6O4/c1-22(2,3)33-21(31)26-16-8-4-13(5-9-16)18(30)32-12-17-27-19(24)29-20(28-17)25-15-10-6-14(23)7-11-15/h4-11H,12H2,1-3H3,(H,26,31)(H3,24,25,27,28,29). The van der Waals surface area contributed by atoms with E-state index in [2.05, 4.69) is 25.6 Å². The Bertz CT molecular complexity index is 1130. The Balaban J connectivity index is 1.58. The summed E-state index contributed by atoms with van der Waals surface area (Å²) in [6, 6.07) is 11.7. The van der Waals surface area contributed by atoms with E-state index in [-0.39, 0.29) is 35.7 Å². The van der Waals surface area contributed by atoms with Gasteiger partial charge < -0.3 is 20.5 Å². The molecule has 0 radical (unpaired) electrons. The van der Waals surface area contributed by atoms with Crippen molar-refractivity contribution in [2.45, 2.75) is 33.0 Å². The minimum absolute atomic E-state index is 0.0711. The zero-order chi connectivity index (χ0) is 24.0. The first-order valence-corrected chi connectivity index (χ1v) is 9.87. The van der Waals surface area contributed by atoms with E-state index >= 15 is 0 Å². The fourth-order valence-electron chi connectivity index (χ4n) is 2.55. The molecule has 0 saturated heterocycles. The maximum absolute atomic E-state index is 13.0. The molecule has 0 atom stereocenters. The van der Waals surface area contributed by atoms with Gasteiger partial charge in [-0.25, -0.2) is 14.0 Å². The van der Waals surface area contributed by atoms with Crippen molar-refractivity contribution in [3.63, 3.8) is 0 Å². The second-order valence-corrected chi connectivity index (χ2v) is 7.85. The summed E-state index contributed by atoms with van der Waals surface area (Å²) in [5.74, 6) is -0.817. The Labute approximate surface area is 189 Å². The first kappa shape index (κ1) is 23.4. The number of carbonyl (C=O) groups excluding carboxylic acids is 2. The molecule has 1 heterocycles. The third kappa shape index (κ3) is 7.42. The van der Waals surface area contributed by atoms with E-state index in [1.54, 1.807) is 32.9 Å². The van der Waals surface area contributed by atoms with E-state index < -0.39 is 17.7 Å². The fourth-order valence-corrected chi connectivity index (χ4v) is 2.55. The number of halogens is 1. The summed E-state index contributed by atoms with van der Waals surface area (Å²) in [5, 5.41) is 5.45. The van der Waals surface area contributed by atoms with Gasteiger partial charge in [-0.3, -0.25) is 5.32 Å². The smallest absolute Gasteiger partial charge is 0.412 e. The lowest BCUT2D eigenvalue weighted by Crippen LogP contribution is -2.27. The topological polar surface area (TPSA) is 141 Å². The minimum atomic E-state index is -0.624. The van der Waals surface area contributed by atoms with Gasteiger partial charge in [-0.15, -0.1) is 0 Å². The number of amides is 1. The fraction of sp³-hybridized carbons (Fsp3) is 0.227. The van der Waals surface area contributed by atoms with E-state index in [1.165, 1.54) is 36.4 Å². The lowest BCUT2D eigenvalue weighted by atomic mass is 10.2. The number of nitrogens with zero attached hydrogens (tertiary/aromatic N) is 3. The highest BCUT2D eigenvalue weighted by atomic mass is 19.1. The molecule has 10 nitrogen and oxygen atoms in total. The van der Waals surface area contributed by atoms with Crippen molar-refractivity contribution in [2.75, 3.05) is 16.4 Å². The Kier molecular flexibility index (Phi) is 7.01. The van der Waals surface area contributed by atoms with Crippen LogP contribution in [0.1, 0.15) is 37.0 Å². The molecule has 0 aliphatic heterocycles. The normalized spacial score (nSPS) is 10.9. The van der Waals surface area contributed by atoms with Crippen LogP contribution in [0, 0.1) is 5.82 Å². The number of hydrogen-bond donors (Lipinski definition) is 3. The van der Waals surface area contributed by atoms with Crippen LogP contribution in [-0.2, 0) is 16.1 Å². The Morgan fingerprint density at radius 3 is 2.24 bits per heavy atom. The van der Waals surface area contributed by atoms with Crippen molar-refractivity contribution < 1.29 is 23.5 Å². The van der Waals surface area contributed by atoms with Crippen molar-refractivity contribution in [2.24, 2.45) is 0 Å². The Hall–Kier alpha value is -4.28. The average molecular weight is 454 g/mol. The number of aromatic nitrogens is 3. The SMILES string of the molecule is CC(C)(C)OC(=O)Nc1ccc(C(=O)OCc2nc(N)nc(Nc3ccc(F)cc3)n2)cc1. The van der Waals surface area contributed by atoms with Crippen LogP contribution in [0.2, 0.25) is 0 Å². The lowest BCUT2D eigenvalue weighted by Gasteiger charge is -2.19. The second-order valence-electron chi connectivity index (χ2n) is 7.85. The quantitative estimate of drug-likeness (QED) is 0.470. The first-order chi connectivity index (χ1) is 15.6. The molecular formula is C22H23FN6O4. The number of benzene rings is 2. The molecule has 0 saturated carbocycles. The molecule has 0 bridgehead atoms. The van der Waals surface area contributed by atoms with Crippen molar-refractivity contribution in [1.82, 2.24) is 15.0 Å². The van der Waals surface area contributed by atoms with Crippen LogP contribution in [0.5, 0.6) is 0 Å². The minimum Gasteiger partial charge on any atom is -0.454 e. The molecular weight excluding hydrogens is 431 g/mol. The molecule has 0 unspecified atom stereocenters. The molecule has 11 heteroatoms.